The summed E-state index contributed by atoms with van der Waals surface area (Å²) in [4.78, 5) is 18.5. The lowest BCUT2D eigenvalue weighted by Crippen LogP contribution is -3.12. The molecule has 1 aromatic heterocycles. The molecule has 0 radical (unpaired) electrons. The molecule has 1 saturated carbocycles. The standard InChI is InChI=1S/C23H32N2O/c1-14-7-15(2)20-18(8-14)21(26)19(16(3)24-20)11-25-13-23(6)10-17(25)9-22(4,5)12-23/h7-8,17H,9-13H2,1-6H3,(H,24,26)/p+1. The SMILES string of the molecule is Cc1cc(C)c2[nH]c(C)c(C[NH+]3CC4(C)CC3CC(C)(C)C4)c(=O)c2c1. The van der Waals surface area contributed by atoms with E-state index in [4.69, 9.17) is 0 Å². The van der Waals surface area contributed by atoms with Crippen LogP contribution < -0.4 is 10.3 Å². The number of quaternary nitrogens is 1. The van der Waals surface area contributed by atoms with Gasteiger partial charge in [0.2, 0.25) is 0 Å². The Hall–Kier alpha value is -1.61. The van der Waals surface area contributed by atoms with E-state index in [2.05, 4.69) is 52.6 Å². The summed E-state index contributed by atoms with van der Waals surface area (Å²) in [5.41, 5.74) is 6.47. The zero-order valence-electron chi connectivity index (χ0n) is 17.2. The van der Waals surface area contributed by atoms with Crippen molar-refractivity contribution in [2.45, 2.75) is 73.4 Å². The second-order valence-electron chi connectivity index (χ2n) is 10.3. The molecule has 1 aromatic carbocycles. The summed E-state index contributed by atoms with van der Waals surface area (Å²) in [5, 5.41) is 0.858. The van der Waals surface area contributed by atoms with Gasteiger partial charge in [-0.25, -0.2) is 0 Å². The fraction of sp³-hybridized carbons (Fsp3) is 0.609. The molecular formula is C23H33N2O+. The van der Waals surface area contributed by atoms with Crippen molar-refractivity contribution in [3.8, 4) is 0 Å². The number of hydrogen-bond acceptors (Lipinski definition) is 1. The van der Waals surface area contributed by atoms with Gasteiger partial charge in [-0.05, 0) is 49.8 Å². The van der Waals surface area contributed by atoms with Gasteiger partial charge in [-0.3, -0.25) is 4.79 Å². The number of aromatic amines is 1. The first-order chi connectivity index (χ1) is 12.1. The van der Waals surface area contributed by atoms with E-state index in [1.165, 1.54) is 25.8 Å². The minimum atomic E-state index is 0.237. The molecular weight excluding hydrogens is 320 g/mol. The number of aryl methyl sites for hydroxylation is 3. The van der Waals surface area contributed by atoms with Gasteiger partial charge in [0.15, 0.2) is 5.43 Å². The van der Waals surface area contributed by atoms with Crippen molar-refractivity contribution in [2.24, 2.45) is 10.8 Å². The van der Waals surface area contributed by atoms with Crippen LogP contribution >= 0.6 is 0 Å². The zero-order valence-corrected chi connectivity index (χ0v) is 17.2. The summed E-state index contributed by atoms with van der Waals surface area (Å²) in [7, 11) is 0. The molecule has 2 aliphatic rings. The van der Waals surface area contributed by atoms with E-state index in [1.54, 1.807) is 4.90 Å². The predicted molar refractivity (Wildman–Crippen MR) is 108 cm³/mol. The fourth-order valence-corrected chi connectivity index (χ4v) is 6.30. The van der Waals surface area contributed by atoms with Crippen molar-refractivity contribution >= 4 is 10.9 Å². The summed E-state index contributed by atoms with van der Waals surface area (Å²) >= 11 is 0. The summed E-state index contributed by atoms with van der Waals surface area (Å²) in [6, 6.07) is 4.89. The van der Waals surface area contributed by atoms with E-state index in [9.17, 15) is 4.79 Å². The number of aromatic nitrogens is 1. The Labute approximate surface area is 156 Å². The molecule has 2 N–H and O–H groups in total. The fourth-order valence-electron chi connectivity index (χ4n) is 6.30. The Morgan fingerprint density at radius 2 is 1.88 bits per heavy atom. The smallest absolute Gasteiger partial charge is 0.198 e. The third-order valence-electron chi connectivity index (χ3n) is 6.84. The molecule has 2 bridgehead atoms. The van der Waals surface area contributed by atoms with Gasteiger partial charge in [-0.1, -0.05) is 26.8 Å². The van der Waals surface area contributed by atoms with Crippen LogP contribution in [-0.4, -0.2) is 17.6 Å². The van der Waals surface area contributed by atoms with Gasteiger partial charge in [0.05, 0.1) is 23.7 Å². The molecule has 1 aliphatic carbocycles. The second-order valence-corrected chi connectivity index (χ2v) is 10.3. The predicted octanol–water partition coefficient (Wildman–Crippen LogP) is 3.44. The number of hydrogen-bond donors (Lipinski definition) is 2. The largest absolute Gasteiger partial charge is 0.358 e. The summed E-state index contributed by atoms with van der Waals surface area (Å²) in [6.45, 7) is 15.6. The van der Waals surface area contributed by atoms with Crippen LogP contribution in [-0.2, 0) is 6.54 Å². The quantitative estimate of drug-likeness (QED) is 0.853. The molecule has 4 rings (SSSR count). The molecule has 26 heavy (non-hydrogen) atoms. The lowest BCUT2D eigenvalue weighted by atomic mass is 9.65. The third-order valence-corrected chi connectivity index (χ3v) is 6.84. The monoisotopic (exact) mass is 353 g/mol. The van der Waals surface area contributed by atoms with Crippen LogP contribution in [0, 0.1) is 31.6 Å². The summed E-state index contributed by atoms with van der Waals surface area (Å²) in [5.74, 6) is 0. The van der Waals surface area contributed by atoms with Crippen LogP contribution in [0.25, 0.3) is 10.9 Å². The van der Waals surface area contributed by atoms with E-state index in [0.29, 0.717) is 16.9 Å². The van der Waals surface area contributed by atoms with E-state index in [1.807, 2.05) is 6.07 Å². The highest BCUT2D eigenvalue weighted by atomic mass is 16.1. The summed E-state index contributed by atoms with van der Waals surface area (Å²) < 4.78 is 0. The molecule has 1 aliphatic heterocycles. The van der Waals surface area contributed by atoms with Gasteiger partial charge >= 0.3 is 0 Å². The number of nitrogens with one attached hydrogen (secondary N) is 2. The van der Waals surface area contributed by atoms with E-state index < -0.39 is 0 Å². The van der Waals surface area contributed by atoms with Crippen LogP contribution in [0.1, 0.15) is 62.4 Å². The Bertz CT molecular complexity index is 939. The van der Waals surface area contributed by atoms with Crippen molar-refractivity contribution in [1.82, 2.24) is 4.98 Å². The maximum absolute atomic E-state index is 13.3. The second kappa shape index (κ2) is 5.69. The van der Waals surface area contributed by atoms with Gasteiger partial charge in [-0.15, -0.1) is 0 Å². The van der Waals surface area contributed by atoms with Crippen LogP contribution in [0.3, 0.4) is 0 Å². The van der Waals surface area contributed by atoms with Crippen LogP contribution in [0.4, 0.5) is 0 Å². The minimum absolute atomic E-state index is 0.237. The topological polar surface area (TPSA) is 37.3 Å². The summed E-state index contributed by atoms with van der Waals surface area (Å²) in [6.07, 6.45) is 3.90. The van der Waals surface area contributed by atoms with Gasteiger partial charge in [0, 0.05) is 29.3 Å². The molecule has 3 nitrogen and oxygen atoms in total. The Morgan fingerprint density at radius 1 is 1.15 bits per heavy atom. The third kappa shape index (κ3) is 2.90. The zero-order chi connectivity index (χ0) is 18.9. The highest BCUT2D eigenvalue weighted by molar-refractivity contribution is 5.83. The molecule has 0 amide bonds. The highest BCUT2D eigenvalue weighted by Gasteiger charge is 2.52. The van der Waals surface area contributed by atoms with Crippen molar-refractivity contribution in [3.63, 3.8) is 0 Å². The first-order valence-corrected chi connectivity index (χ1v) is 10.0. The molecule has 0 spiro atoms. The molecule has 140 valence electrons. The van der Waals surface area contributed by atoms with E-state index in [-0.39, 0.29) is 5.43 Å². The van der Waals surface area contributed by atoms with Crippen molar-refractivity contribution in [2.75, 3.05) is 6.54 Å². The average Bonchev–Trinajstić information content (AvgIpc) is 2.73. The number of fused-ring (bicyclic) bond motifs is 3. The highest BCUT2D eigenvalue weighted by Crippen LogP contribution is 2.47. The maximum atomic E-state index is 13.3. The minimum Gasteiger partial charge on any atom is -0.358 e. The van der Waals surface area contributed by atoms with Crippen molar-refractivity contribution < 1.29 is 4.90 Å². The normalized spacial score (nSPS) is 30.1. The lowest BCUT2D eigenvalue weighted by Gasteiger charge is -2.37. The van der Waals surface area contributed by atoms with E-state index >= 15 is 0 Å². The molecule has 2 heterocycles. The molecule has 3 atom stereocenters. The van der Waals surface area contributed by atoms with Crippen LogP contribution in [0.5, 0.6) is 0 Å². The Kier molecular flexibility index (Phi) is 3.89. The molecule has 3 unspecified atom stereocenters. The average molecular weight is 354 g/mol. The van der Waals surface area contributed by atoms with E-state index in [0.717, 1.165) is 39.8 Å². The molecule has 3 heteroatoms. The van der Waals surface area contributed by atoms with Gasteiger partial charge in [0.25, 0.3) is 0 Å². The van der Waals surface area contributed by atoms with Crippen LogP contribution in [0.15, 0.2) is 16.9 Å². The van der Waals surface area contributed by atoms with Crippen LogP contribution in [0.2, 0.25) is 0 Å². The Morgan fingerprint density at radius 3 is 2.62 bits per heavy atom. The number of H-pyrrole nitrogens is 1. The number of rotatable bonds is 2. The van der Waals surface area contributed by atoms with Gasteiger partial charge < -0.3 is 9.88 Å². The van der Waals surface area contributed by atoms with Gasteiger partial charge in [0.1, 0.15) is 6.54 Å². The maximum Gasteiger partial charge on any atom is 0.198 e. The van der Waals surface area contributed by atoms with Crippen molar-refractivity contribution in [3.05, 3.63) is 44.7 Å². The van der Waals surface area contributed by atoms with Crippen molar-refractivity contribution in [1.29, 1.82) is 0 Å². The Balaban J connectivity index is 1.74. The van der Waals surface area contributed by atoms with Gasteiger partial charge in [-0.2, -0.15) is 0 Å². The molecule has 2 aromatic rings. The number of likely N-dealkylation sites (tertiary alicyclic amines) is 1. The molecule has 1 saturated heterocycles. The number of pyridine rings is 1. The first kappa shape index (κ1) is 17.8. The lowest BCUT2D eigenvalue weighted by molar-refractivity contribution is -0.928. The molecule has 2 fully saturated rings. The number of benzene rings is 1. The first-order valence-electron chi connectivity index (χ1n) is 10.0.